The lowest BCUT2D eigenvalue weighted by Crippen LogP contribution is -2.14. The number of benzene rings is 2. The van der Waals surface area contributed by atoms with Gasteiger partial charge in [-0.1, -0.05) is 54.2 Å². The maximum Gasteiger partial charge on any atom is 0.228 e. The van der Waals surface area contributed by atoms with Crippen LogP contribution in [-0.2, 0) is 17.6 Å². The van der Waals surface area contributed by atoms with Gasteiger partial charge in [0.2, 0.25) is 5.91 Å². The summed E-state index contributed by atoms with van der Waals surface area (Å²) in [6.07, 6.45) is 0.946. The van der Waals surface area contributed by atoms with E-state index in [1.165, 1.54) is 5.56 Å². The van der Waals surface area contributed by atoms with E-state index in [0.717, 1.165) is 16.8 Å². The molecule has 0 atom stereocenters. The van der Waals surface area contributed by atoms with E-state index in [0.29, 0.717) is 17.8 Å². The highest BCUT2D eigenvalue weighted by atomic mass is 32.1. The molecule has 0 aromatic heterocycles. The number of aryl methyl sites for hydroxylation is 1. The number of thiocarbonyl (C=S) groups is 1. The van der Waals surface area contributed by atoms with E-state index >= 15 is 0 Å². The second-order valence-corrected chi connectivity index (χ2v) is 5.57. The van der Waals surface area contributed by atoms with E-state index in [1.807, 2.05) is 55.5 Å². The lowest BCUT2D eigenvalue weighted by atomic mass is 10.1. The van der Waals surface area contributed by atoms with Crippen LogP contribution in [0.25, 0.3) is 0 Å². The first-order valence-electron chi connectivity index (χ1n) is 6.75. The zero-order valence-corrected chi connectivity index (χ0v) is 12.7. The Bertz CT molecular complexity index is 633. The number of carbonyl (C=O) groups is 1. The van der Waals surface area contributed by atoms with E-state index < -0.39 is 0 Å². The van der Waals surface area contributed by atoms with Crippen molar-refractivity contribution in [2.75, 3.05) is 5.32 Å². The van der Waals surface area contributed by atoms with Gasteiger partial charge in [-0.2, -0.15) is 0 Å². The van der Waals surface area contributed by atoms with Crippen molar-refractivity contribution >= 4 is 28.8 Å². The molecule has 0 spiro atoms. The minimum atomic E-state index is -0.0269. The fourth-order valence-electron chi connectivity index (χ4n) is 2.00. The SMILES string of the molecule is Cc1ccc(CC(=O)Nc2ccc(CC(N)=S)cc2)cc1. The van der Waals surface area contributed by atoms with Crippen molar-refractivity contribution in [1.29, 1.82) is 0 Å². The summed E-state index contributed by atoms with van der Waals surface area (Å²) in [6.45, 7) is 2.03. The van der Waals surface area contributed by atoms with Gasteiger partial charge in [0, 0.05) is 12.1 Å². The first kappa shape index (κ1) is 15.2. The van der Waals surface area contributed by atoms with Gasteiger partial charge in [-0.3, -0.25) is 4.79 Å². The van der Waals surface area contributed by atoms with Crippen LogP contribution in [0, 0.1) is 6.92 Å². The summed E-state index contributed by atoms with van der Waals surface area (Å²) >= 11 is 4.87. The van der Waals surface area contributed by atoms with Crippen molar-refractivity contribution in [2.45, 2.75) is 19.8 Å². The number of rotatable bonds is 5. The molecule has 108 valence electrons. The highest BCUT2D eigenvalue weighted by Gasteiger charge is 2.04. The van der Waals surface area contributed by atoms with Crippen LogP contribution in [0.3, 0.4) is 0 Å². The molecular formula is C17H18N2OS. The number of hydrogen-bond acceptors (Lipinski definition) is 2. The molecule has 0 fully saturated rings. The number of nitrogens with one attached hydrogen (secondary N) is 1. The van der Waals surface area contributed by atoms with Crippen LogP contribution >= 0.6 is 12.2 Å². The highest BCUT2D eigenvalue weighted by molar-refractivity contribution is 7.80. The van der Waals surface area contributed by atoms with Crippen LogP contribution in [0.5, 0.6) is 0 Å². The summed E-state index contributed by atoms with van der Waals surface area (Å²) in [5, 5.41) is 2.88. The number of hydrogen-bond donors (Lipinski definition) is 2. The van der Waals surface area contributed by atoms with Gasteiger partial charge in [0.05, 0.1) is 11.4 Å². The summed E-state index contributed by atoms with van der Waals surface area (Å²) in [6, 6.07) is 15.5. The van der Waals surface area contributed by atoms with Crippen LogP contribution in [0.15, 0.2) is 48.5 Å². The van der Waals surface area contributed by atoms with Crippen LogP contribution in [-0.4, -0.2) is 10.9 Å². The number of carbonyl (C=O) groups excluding carboxylic acids is 1. The molecule has 3 N–H and O–H groups in total. The zero-order valence-electron chi connectivity index (χ0n) is 11.9. The molecule has 0 saturated carbocycles. The van der Waals surface area contributed by atoms with Crippen molar-refractivity contribution in [3.05, 3.63) is 65.2 Å². The van der Waals surface area contributed by atoms with Crippen molar-refractivity contribution in [2.24, 2.45) is 5.73 Å². The fourth-order valence-corrected chi connectivity index (χ4v) is 2.17. The Hall–Kier alpha value is -2.20. The third-order valence-corrected chi connectivity index (χ3v) is 3.25. The smallest absolute Gasteiger partial charge is 0.228 e. The summed E-state index contributed by atoms with van der Waals surface area (Å²) in [7, 11) is 0. The summed E-state index contributed by atoms with van der Waals surface area (Å²) < 4.78 is 0. The van der Waals surface area contributed by atoms with Crippen molar-refractivity contribution < 1.29 is 4.79 Å². The normalized spacial score (nSPS) is 10.1. The molecule has 4 heteroatoms. The average Bonchev–Trinajstić information content (AvgIpc) is 2.43. The molecule has 0 heterocycles. The second-order valence-electron chi connectivity index (χ2n) is 5.05. The molecule has 2 rings (SSSR count). The fraction of sp³-hybridized carbons (Fsp3) is 0.176. The molecule has 2 aromatic rings. The Morgan fingerprint density at radius 3 is 2.10 bits per heavy atom. The lowest BCUT2D eigenvalue weighted by molar-refractivity contribution is -0.115. The Labute approximate surface area is 130 Å². The Morgan fingerprint density at radius 1 is 1.00 bits per heavy atom. The molecule has 0 saturated heterocycles. The largest absolute Gasteiger partial charge is 0.393 e. The Balaban J connectivity index is 1.93. The van der Waals surface area contributed by atoms with E-state index in [2.05, 4.69) is 5.32 Å². The molecule has 0 aliphatic carbocycles. The van der Waals surface area contributed by atoms with Gasteiger partial charge in [-0.15, -0.1) is 0 Å². The van der Waals surface area contributed by atoms with Crippen molar-refractivity contribution in [3.8, 4) is 0 Å². The standard InChI is InChI=1S/C17H18N2OS/c1-12-2-4-14(5-3-12)11-17(20)19-15-8-6-13(7-9-15)10-16(18)21/h2-9H,10-11H2,1H3,(H2,18,21)(H,19,20). The van der Waals surface area contributed by atoms with E-state index in [4.69, 9.17) is 18.0 Å². The minimum Gasteiger partial charge on any atom is -0.393 e. The summed E-state index contributed by atoms with van der Waals surface area (Å²) in [5.41, 5.74) is 9.51. The maximum absolute atomic E-state index is 12.0. The van der Waals surface area contributed by atoms with Gasteiger partial charge in [-0.25, -0.2) is 0 Å². The zero-order chi connectivity index (χ0) is 15.2. The number of nitrogens with two attached hydrogens (primary N) is 1. The number of anilines is 1. The van der Waals surface area contributed by atoms with E-state index in [-0.39, 0.29) is 5.91 Å². The molecule has 0 aliphatic heterocycles. The van der Waals surface area contributed by atoms with Gasteiger partial charge in [0.1, 0.15) is 0 Å². The molecule has 21 heavy (non-hydrogen) atoms. The van der Waals surface area contributed by atoms with Crippen molar-refractivity contribution in [3.63, 3.8) is 0 Å². The third-order valence-electron chi connectivity index (χ3n) is 3.10. The van der Waals surface area contributed by atoms with E-state index in [9.17, 15) is 4.79 Å². The molecule has 0 radical (unpaired) electrons. The van der Waals surface area contributed by atoms with E-state index in [1.54, 1.807) is 0 Å². The molecule has 0 unspecified atom stereocenters. The monoisotopic (exact) mass is 298 g/mol. The first-order chi connectivity index (χ1) is 10.0. The van der Waals surface area contributed by atoms with Gasteiger partial charge >= 0.3 is 0 Å². The summed E-state index contributed by atoms with van der Waals surface area (Å²) in [4.78, 5) is 12.4. The highest BCUT2D eigenvalue weighted by Crippen LogP contribution is 2.11. The predicted octanol–water partition coefficient (Wildman–Crippen LogP) is 3.00. The van der Waals surface area contributed by atoms with Crippen molar-refractivity contribution in [1.82, 2.24) is 0 Å². The Morgan fingerprint density at radius 2 is 1.52 bits per heavy atom. The summed E-state index contributed by atoms with van der Waals surface area (Å²) in [5.74, 6) is -0.0269. The number of amides is 1. The molecule has 1 amide bonds. The maximum atomic E-state index is 12.0. The van der Waals surface area contributed by atoms with Gasteiger partial charge < -0.3 is 11.1 Å². The van der Waals surface area contributed by atoms with Gasteiger partial charge in [0.15, 0.2) is 0 Å². The van der Waals surface area contributed by atoms with Gasteiger partial charge in [-0.05, 0) is 30.2 Å². The molecular weight excluding hydrogens is 280 g/mol. The molecule has 2 aromatic carbocycles. The average molecular weight is 298 g/mol. The van der Waals surface area contributed by atoms with Crippen LogP contribution < -0.4 is 11.1 Å². The third kappa shape index (κ3) is 5.00. The molecule has 0 bridgehead atoms. The topological polar surface area (TPSA) is 55.1 Å². The van der Waals surface area contributed by atoms with Crippen LogP contribution in [0.2, 0.25) is 0 Å². The van der Waals surface area contributed by atoms with Crippen LogP contribution in [0.1, 0.15) is 16.7 Å². The predicted molar refractivity (Wildman–Crippen MR) is 90.4 cm³/mol. The first-order valence-corrected chi connectivity index (χ1v) is 7.16. The Kier molecular flexibility index (Phi) is 5.06. The molecule has 3 nitrogen and oxygen atoms in total. The quantitative estimate of drug-likeness (QED) is 0.834. The van der Waals surface area contributed by atoms with Gasteiger partial charge in [0.25, 0.3) is 0 Å². The molecule has 0 aliphatic rings. The minimum absolute atomic E-state index is 0.0269. The lowest BCUT2D eigenvalue weighted by Gasteiger charge is -2.07. The second kappa shape index (κ2) is 6.99. The van der Waals surface area contributed by atoms with Crippen LogP contribution in [0.4, 0.5) is 5.69 Å².